The van der Waals surface area contributed by atoms with Crippen molar-refractivity contribution in [3.05, 3.63) is 29.3 Å². The maximum atomic E-state index is 13.6. The predicted molar refractivity (Wildman–Crippen MR) is 110 cm³/mol. The van der Waals surface area contributed by atoms with E-state index in [2.05, 4.69) is 10.6 Å². The number of amides is 1. The number of aryl methyl sites for hydroxylation is 2. The van der Waals surface area contributed by atoms with Crippen LogP contribution in [0.5, 0.6) is 0 Å². The van der Waals surface area contributed by atoms with Gasteiger partial charge in [-0.05, 0) is 70.2 Å². The molecule has 1 aromatic carbocycles. The van der Waals surface area contributed by atoms with Crippen molar-refractivity contribution < 1.29 is 13.2 Å². The van der Waals surface area contributed by atoms with Gasteiger partial charge in [0.2, 0.25) is 5.91 Å². The summed E-state index contributed by atoms with van der Waals surface area (Å²) in [6.45, 7) is 6.68. The fraction of sp³-hybridized carbons (Fsp3) is 0.650. The van der Waals surface area contributed by atoms with Crippen molar-refractivity contribution in [1.29, 1.82) is 0 Å². The average Bonchev–Trinajstić information content (AvgIpc) is 3.10. The Morgan fingerprint density at radius 1 is 1.19 bits per heavy atom. The Balaban J connectivity index is 0.00000261. The number of carbonyl (C=O) groups is 1. The van der Waals surface area contributed by atoms with E-state index in [1.165, 1.54) is 0 Å². The SMILES string of the molecule is Cc1ccc(C)c(S(=O)(=O)C2(C(=O)NC3CCCNC3C)CCCC2)c1.Cl. The molecule has 1 saturated carbocycles. The normalized spacial score (nSPS) is 24.9. The first-order valence-electron chi connectivity index (χ1n) is 9.64. The minimum absolute atomic E-state index is 0. The third-order valence-electron chi connectivity index (χ3n) is 6.05. The Kier molecular flexibility index (Phi) is 6.98. The molecular formula is C20H31ClN2O3S. The third kappa shape index (κ3) is 4.03. The fourth-order valence-electron chi connectivity index (χ4n) is 4.31. The van der Waals surface area contributed by atoms with Crippen molar-refractivity contribution in [3.8, 4) is 0 Å². The van der Waals surface area contributed by atoms with E-state index in [0.29, 0.717) is 23.3 Å². The molecule has 0 spiro atoms. The molecule has 1 aliphatic carbocycles. The molecule has 1 aliphatic heterocycles. The first-order chi connectivity index (χ1) is 12.3. The molecule has 152 valence electrons. The summed E-state index contributed by atoms with van der Waals surface area (Å²) in [5.41, 5.74) is 1.61. The van der Waals surface area contributed by atoms with Crippen LogP contribution in [-0.2, 0) is 14.6 Å². The molecule has 1 heterocycles. The summed E-state index contributed by atoms with van der Waals surface area (Å²) in [6.07, 6.45) is 4.24. The van der Waals surface area contributed by atoms with Gasteiger partial charge >= 0.3 is 0 Å². The number of halogens is 1. The van der Waals surface area contributed by atoms with E-state index >= 15 is 0 Å². The third-order valence-corrected chi connectivity index (χ3v) is 8.69. The Hall–Kier alpha value is -1.11. The molecule has 7 heteroatoms. The van der Waals surface area contributed by atoms with Gasteiger partial charge in [-0.25, -0.2) is 8.42 Å². The summed E-state index contributed by atoms with van der Waals surface area (Å²) in [5.74, 6) is -0.309. The summed E-state index contributed by atoms with van der Waals surface area (Å²) >= 11 is 0. The van der Waals surface area contributed by atoms with E-state index in [1.807, 2.05) is 26.0 Å². The fourth-order valence-corrected chi connectivity index (χ4v) is 6.70. The van der Waals surface area contributed by atoms with E-state index in [1.54, 1.807) is 13.0 Å². The van der Waals surface area contributed by atoms with Crippen molar-refractivity contribution >= 4 is 28.2 Å². The minimum Gasteiger partial charge on any atom is -0.350 e. The molecule has 3 rings (SSSR count). The van der Waals surface area contributed by atoms with Gasteiger partial charge in [-0.15, -0.1) is 12.4 Å². The Morgan fingerprint density at radius 3 is 2.48 bits per heavy atom. The monoisotopic (exact) mass is 414 g/mol. The molecule has 0 radical (unpaired) electrons. The lowest BCUT2D eigenvalue weighted by atomic mass is 9.98. The molecule has 2 N–H and O–H groups in total. The van der Waals surface area contributed by atoms with Gasteiger partial charge < -0.3 is 10.6 Å². The van der Waals surface area contributed by atoms with Gasteiger partial charge in [-0.2, -0.15) is 0 Å². The largest absolute Gasteiger partial charge is 0.350 e. The molecular weight excluding hydrogens is 384 g/mol. The second-order valence-corrected chi connectivity index (χ2v) is 10.2. The van der Waals surface area contributed by atoms with E-state index in [0.717, 1.165) is 37.8 Å². The van der Waals surface area contributed by atoms with Crippen LogP contribution in [0, 0.1) is 13.8 Å². The van der Waals surface area contributed by atoms with Gasteiger partial charge in [0, 0.05) is 12.1 Å². The number of carbonyl (C=O) groups excluding carboxylic acids is 1. The summed E-state index contributed by atoms with van der Waals surface area (Å²) in [6, 6.07) is 5.60. The van der Waals surface area contributed by atoms with E-state index in [9.17, 15) is 13.2 Å². The Labute approximate surface area is 169 Å². The maximum Gasteiger partial charge on any atom is 0.242 e. The molecule has 1 aromatic rings. The van der Waals surface area contributed by atoms with E-state index in [4.69, 9.17) is 0 Å². The van der Waals surface area contributed by atoms with Crippen molar-refractivity contribution in [3.63, 3.8) is 0 Å². The van der Waals surface area contributed by atoms with Gasteiger partial charge in [0.25, 0.3) is 0 Å². The van der Waals surface area contributed by atoms with Crippen molar-refractivity contribution in [2.45, 2.75) is 81.0 Å². The van der Waals surface area contributed by atoms with Crippen LogP contribution in [0.2, 0.25) is 0 Å². The molecule has 0 aromatic heterocycles. The molecule has 2 fully saturated rings. The average molecular weight is 415 g/mol. The molecule has 2 unspecified atom stereocenters. The highest BCUT2D eigenvalue weighted by atomic mass is 35.5. The van der Waals surface area contributed by atoms with Crippen LogP contribution >= 0.6 is 12.4 Å². The van der Waals surface area contributed by atoms with Crippen LogP contribution in [0.3, 0.4) is 0 Å². The van der Waals surface area contributed by atoms with Gasteiger partial charge in [0.05, 0.1) is 4.90 Å². The van der Waals surface area contributed by atoms with Crippen LogP contribution in [0.25, 0.3) is 0 Å². The number of piperidine rings is 1. The maximum absolute atomic E-state index is 13.6. The summed E-state index contributed by atoms with van der Waals surface area (Å²) in [5, 5.41) is 6.44. The lowest BCUT2D eigenvalue weighted by Crippen LogP contribution is -2.58. The molecule has 0 bridgehead atoms. The molecule has 1 saturated heterocycles. The van der Waals surface area contributed by atoms with Crippen molar-refractivity contribution in [2.24, 2.45) is 0 Å². The molecule has 2 atom stereocenters. The molecule has 2 aliphatic rings. The van der Waals surface area contributed by atoms with Gasteiger partial charge in [0.1, 0.15) is 0 Å². The van der Waals surface area contributed by atoms with Crippen LogP contribution in [0.4, 0.5) is 0 Å². The number of hydrogen-bond donors (Lipinski definition) is 2. The van der Waals surface area contributed by atoms with Gasteiger partial charge in [-0.3, -0.25) is 4.79 Å². The number of sulfone groups is 1. The van der Waals surface area contributed by atoms with Crippen LogP contribution in [0.15, 0.2) is 23.1 Å². The molecule has 27 heavy (non-hydrogen) atoms. The summed E-state index contributed by atoms with van der Waals surface area (Å²) in [4.78, 5) is 13.6. The van der Waals surface area contributed by atoms with Crippen molar-refractivity contribution in [1.82, 2.24) is 10.6 Å². The lowest BCUT2D eigenvalue weighted by molar-refractivity contribution is -0.124. The standard InChI is InChI=1S/C20H30N2O3S.ClH/c1-14-8-9-15(2)18(13-14)26(24,25)20(10-4-5-11-20)19(23)22-17-7-6-12-21-16(17)3;/h8-9,13,16-17,21H,4-7,10-12H2,1-3H3,(H,22,23);1H. The summed E-state index contributed by atoms with van der Waals surface area (Å²) in [7, 11) is -3.75. The summed E-state index contributed by atoms with van der Waals surface area (Å²) < 4.78 is 25.9. The highest BCUT2D eigenvalue weighted by Gasteiger charge is 2.53. The highest BCUT2D eigenvalue weighted by molar-refractivity contribution is 7.93. The zero-order valence-corrected chi connectivity index (χ0v) is 18.0. The van der Waals surface area contributed by atoms with Crippen LogP contribution in [-0.4, -0.2) is 37.7 Å². The Bertz CT molecular complexity index is 788. The van der Waals surface area contributed by atoms with Crippen molar-refractivity contribution in [2.75, 3.05) is 6.54 Å². The first kappa shape index (κ1) is 22.2. The number of hydrogen-bond acceptors (Lipinski definition) is 4. The lowest BCUT2D eigenvalue weighted by Gasteiger charge is -2.35. The predicted octanol–water partition coefficient (Wildman–Crippen LogP) is 3.07. The quantitative estimate of drug-likeness (QED) is 0.793. The van der Waals surface area contributed by atoms with Gasteiger partial charge in [-0.1, -0.05) is 25.0 Å². The number of benzene rings is 1. The van der Waals surface area contributed by atoms with Crippen LogP contribution < -0.4 is 10.6 Å². The van der Waals surface area contributed by atoms with Gasteiger partial charge in [0.15, 0.2) is 14.6 Å². The smallest absolute Gasteiger partial charge is 0.242 e. The van der Waals surface area contributed by atoms with Crippen LogP contribution in [0.1, 0.15) is 56.6 Å². The van der Waals surface area contributed by atoms with E-state index < -0.39 is 14.6 Å². The minimum atomic E-state index is -3.75. The first-order valence-corrected chi connectivity index (χ1v) is 11.1. The molecule has 5 nitrogen and oxygen atoms in total. The Morgan fingerprint density at radius 2 is 1.85 bits per heavy atom. The highest BCUT2D eigenvalue weighted by Crippen LogP contribution is 2.42. The second kappa shape index (κ2) is 8.50. The zero-order chi connectivity index (χ0) is 18.9. The molecule has 1 amide bonds. The zero-order valence-electron chi connectivity index (χ0n) is 16.4. The topological polar surface area (TPSA) is 75.3 Å². The second-order valence-electron chi connectivity index (χ2n) is 7.94. The number of rotatable bonds is 4. The van der Waals surface area contributed by atoms with E-state index in [-0.39, 0.29) is 30.4 Å². The number of nitrogens with one attached hydrogen (secondary N) is 2.